The summed E-state index contributed by atoms with van der Waals surface area (Å²) in [5.41, 5.74) is 4.43. The van der Waals surface area contributed by atoms with E-state index in [2.05, 4.69) is 52.1 Å². The molecule has 3 aliphatic heterocycles. The van der Waals surface area contributed by atoms with E-state index in [-0.39, 0.29) is 55.5 Å². The minimum atomic E-state index is -0.727. The van der Waals surface area contributed by atoms with Crippen LogP contribution in [0.1, 0.15) is 52.0 Å². The molecule has 1 atom stereocenters. The summed E-state index contributed by atoms with van der Waals surface area (Å²) in [4.78, 5) is 89.3. The van der Waals surface area contributed by atoms with Crippen molar-refractivity contribution in [2.24, 2.45) is 0 Å². The van der Waals surface area contributed by atoms with Gasteiger partial charge in [-0.2, -0.15) is 4.98 Å². The summed E-state index contributed by atoms with van der Waals surface area (Å²) < 4.78 is 0. The lowest BCUT2D eigenvalue weighted by atomic mass is 10.0. The highest BCUT2D eigenvalue weighted by atomic mass is 35.5. The summed E-state index contributed by atoms with van der Waals surface area (Å²) in [6.07, 6.45) is 2.75. The molecule has 318 valence electrons. The molecule has 7 rings (SSSR count). The minimum Gasteiger partial charge on any atom is -0.368 e. The third-order valence-electron chi connectivity index (χ3n) is 10.6. The van der Waals surface area contributed by atoms with Crippen molar-refractivity contribution in [2.75, 3.05) is 73.7 Å². The fourth-order valence-electron chi connectivity index (χ4n) is 7.40. The summed E-state index contributed by atoms with van der Waals surface area (Å²) in [5, 5.41) is 20.7. The third-order valence-corrected chi connectivity index (χ3v) is 10.9. The molecule has 1 aromatic heterocycles. The molecular formula is C42H47ClN12O6. The van der Waals surface area contributed by atoms with Crippen molar-refractivity contribution in [3.05, 3.63) is 94.6 Å². The Labute approximate surface area is 357 Å². The second-order valence-corrected chi connectivity index (χ2v) is 15.1. The number of benzene rings is 3. The van der Waals surface area contributed by atoms with E-state index in [1.54, 1.807) is 48.3 Å². The number of carbonyl (C=O) groups is 6. The lowest BCUT2D eigenvalue weighted by molar-refractivity contribution is -0.137. The Bertz CT molecular complexity index is 2300. The SMILES string of the molecule is CNC(=O)c1ccccc1Nc1nc(Nc2ccc(N3CCN(C(=O)NCCNCCCC(=O)Nc4cccc5c4CN(C4CCC(=O)NC4=O)C5=O)CC3)cc2)ncc1Cl. The Morgan fingerprint density at radius 3 is 2.43 bits per heavy atom. The molecule has 3 aromatic carbocycles. The number of piperazine rings is 1. The molecule has 18 nitrogen and oxygen atoms in total. The van der Waals surface area contributed by atoms with E-state index in [9.17, 15) is 28.8 Å². The van der Waals surface area contributed by atoms with Crippen LogP contribution in [0.3, 0.4) is 0 Å². The molecule has 19 heteroatoms. The van der Waals surface area contributed by atoms with Crippen molar-refractivity contribution in [1.29, 1.82) is 0 Å². The molecule has 4 aromatic rings. The molecule has 2 saturated heterocycles. The summed E-state index contributed by atoms with van der Waals surface area (Å²) in [6.45, 7) is 4.22. The quantitative estimate of drug-likeness (QED) is 0.0674. The molecule has 0 aliphatic carbocycles. The summed E-state index contributed by atoms with van der Waals surface area (Å²) in [5.74, 6) is -0.884. The predicted molar refractivity (Wildman–Crippen MR) is 230 cm³/mol. The largest absolute Gasteiger partial charge is 0.368 e. The Kier molecular flexibility index (Phi) is 13.5. The van der Waals surface area contributed by atoms with E-state index < -0.39 is 11.9 Å². The molecule has 3 aliphatic rings. The number of hydrogen-bond donors (Lipinski definition) is 7. The van der Waals surface area contributed by atoms with Gasteiger partial charge in [0.1, 0.15) is 11.1 Å². The average molecular weight is 851 g/mol. The Morgan fingerprint density at radius 2 is 1.66 bits per heavy atom. The number of imide groups is 1. The van der Waals surface area contributed by atoms with Crippen molar-refractivity contribution in [1.82, 2.24) is 41.0 Å². The van der Waals surface area contributed by atoms with Crippen LogP contribution in [0.4, 0.5) is 39.3 Å². The van der Waals surface area contributed by atoms with Gasteiger partial charge >= 0.3 is 6.03 Å². The zero-order valence-electron chi connectivity index (χ0n) is 33.6. The van der Waals surface area contributed by atoms with Crippen LogP contribution >= 0.6 is 11.6 Å². The fraction of sp³-hybridized carbons (Fsp3) is 0.333. The van der Waals surface area contributed by atoms with Crippen molar-refractivity contribution in [3.63, 3.8) is 0 Å². The number of carbonyl (C=O) groups excluding carboxylic acids is 6. The molecule has 7 N–H and O–H groups in total. The molecule has 0 bridgehead atoms. The average Bonchev–Trinajstić information content (AvgIpc) is 3.60. The van der Waals surface area contributed by atoms with Crippen LogP contribution in [-0.2, 0) is 20.9 Å². The maximum atomic E-state index is 13.1. The van der Waals surface area contributed by atoms with Gasteiger partial charge in [0.25, 0.3) is 11.8 Å². The van der Waals surface area contributed by atoms with Crippen LogP contribution in [-0.4, -0.2) is 114 Å². The van der Waals surface area contributed by atoms with E-state index in [1.807, 2.05) is 30.3 Å². The van der Waals surface area contributed by atoms with E-state index >= 15 is 0 Å². The van der Waals surface area contributed by atoms with Gasteiger partial charge in [0, 0.05) is 93.9 Å². The van der Waals surface area contributed by atoms with Gasteiger partial charge in [-0.1, -0.05) is 29.8 Å². The van der Waals surface area contributed by atoms with Gasteiger partial charge in [-0.15, -0.1) is 0 Å². The number of urea groups is 1. The van der Waals surface area contributed by atoms with Crippen LogP contribution in [0.25, 0.3) is 0 Å². The van der Waals surface area contributed by atoms with Gasteiger partial charge in [-0.3, -0.25) is 29.3 Å². The summed E-state index contributed by atoms with van der Waals surface area (Å²) in [7, 11) is 1.57. The standard InChI is InChI=1S/C42H47ClN12O6/c1-44-38(58)29-6-2-3-8-32(29)50-37-31(43)24-47-41(52-37)48-26-11-13-27(14-12-26)53-20-22-54(23-21-53)42(61)46-19-18-45-17-5-10-35(56)49-33-9-4-7-28-30(33)25-55(40(28)60)34-15-16-36(57)51-39(34)59/h2-4,6-9,11-14,24,34,45H,5,10,15-23,25H2,1H3,(H,44,58)(H,46,61)(H,49,56)(H,51,57,59)(H2,47,48,50,52). The zero-order chi connectivity index (χ0) is 42.9. The molecule has 0 saturated carbocycles. The summed E-state index contributed by atoms with van der Waals surface area (Å²) >= 11 is 6.38. The number of halogens is 1. The second kappa shape index (κ2) is 19.5. The molecule has 61 heavy (non-hydrogen) atoms. The first-order valence-electron chi connectivity index (χ1n) is 20.1. The molecule has 4 heterocycles. The Balaban J connectivity index is 0.780. The predicted octanol–water partition coefficient (Wildman–Crippen LogP) is 3.58. The van der Waals surface area contributed by atoms with Gasteiger partial charge in [0.05, 0.1) is 17.4 Å². The molecule has 7 amide bonds. The highest BCUT2D eigenvalue weighted by Gasteiger charge is 2.40. The smallest absolute Gasteiger partial charge is 0.317 e. The van der Waals surface area contributed by atoms with Crippen LogP contribution in [0.15, 0.2) is 72.9 Å². The van der Waals surface area contributed by atoms with E-state index in [0.29, 0.717) is 97.1 Å². The van der Waals surface area contributed by atoms with Crippen LogP contribution in [0, 0.1) is 0 Å². The minimum absolute atomic E-state index is 0.126. The van der Waals surface area contributed by atoms with Crippen LogP contribution < -0.4 is 42.1 Å². The van der Waals surface area contributed by atoms with Crippen LogP contribution in [0.2, 0.25) is 5.02 Å². The second-order valence-electron chi connectivity index (χ2n) is 14.7. The van der Waals surface area contributed by atoms with Gasteiger partial charge in [0.2, 0.25) is 23.7 Å². The number of hydrogen-bond acceptors (Lipinski definition) is 12. The Hall–Kier alpha value is -6.79. The van der Waals surface area contributed by atoms with Crippen molar-refractivity contribution in [3.8, 4) is 0 Å². The number of aromatic nitrogens is 2. The number of para-hydroxylation sites is 1. The van der Waals surface area contributed by atoms with E-state index in [1.165, 1.54) is 11.1 Å². The maximum absolute atomic E-state index is 13.1. The van der Waals surface area contributed by atoms with Crippen molar-refractivity contribution < 1.29 is 28.8 Å². The molecular weight excluding hydrogens is 804 g/mol. The monoisotopic (exact) mass is 850 g/mol. The van der Waals surface area contributed by atoms with E-state index in [0.717, 1.165) is 11.4 Å². The maximum Gasteiger partial charge on any atom is 0.317 e. The van der Waals surface area contributed by atoms with Gasteiger partial charge in [0.15, 0.2) is 5.82 Å². The molecule has 1 unspecified atom stereocenters. The lowest BCUT2D eigenvalue weighted by Gasteiger charge is -2.36. The number of rotatable bonds is 15. The zero-order valence-corrected chi connectivity index (χ0v) is 34.3. The third kappa shape index (κ3) is 10.3. The first-order chi connectivity index (χ1) is 29.6. The summed E-state index contributed by atoms with van der Waals surface area (Å²) in [6, 6.07) is 19.2. The lowest BCUT2D eigenvalue weighted by Crippen LogP contribution is -2.52. The van der Waals surface area contributed by atoms with Gasteiger partial charge in [-0.25, -0.2) is 9.78 Å². The highest BCUT2D eigenvalue weighted by molar-refractivity contribution is 6.33. The first-order valence-corrected chi connectivity index (χ1v) is 20.5. The first kappa shape index (κ1) is 42.3. The van der Waals surface area contributed by atoms with Gasteiger partial charge < -0.3 is 46.6 Å². The highest BCUT2D eigenvalue weighted by Crippen LogP contribution is 2.33. The topological polar surface area (TPSA) is 222 Å². The molecule has 0 radical (unpaired) electrons. The molecule has 0 spiro atoms. The normalized spacial score (nSPS) is 16.1. The van der Waals surface area contributed by atoms with E-state index in [4.69, 9.17) is 11.6 Å². The van der Waals surface area contributed by atoms with Crippen LogP contribution in [0.5, 0.6) is 0 Å². The molecule has 2 fully saturated rings. The van der Waals surface area contributed by atoms with Crippen molar-refractivity contribution >= 4 is 81.7 Å². The fourth-order valence-corrected chi connectivity index (χ4v) is 7.54. The number of piperidine rings is 1. The number of fused-ring (bicyclic) bond motifs is 1. The number of amides is 7. The number of nitrogens with zero attached hydrogens (tertiary/aromatic N) is 5. The van der Waals surface area contributed by atoms with Gasteiger partial charge in [-0.05, 0) is 67.9 Å². The Morgan fingerprint density at radius 1 is 0.885 bits per heavy atom. The van der Waals surface area contributed by atoms with Crippen molar-refractivity contribution in [2.45, 2.75) is 38.3 Å². The number of anilines is 6. The number of nitrogens with one attached hydrogen (secondary N) is 7.